The molecule has 0 saturated heterocycles. The fourth-order valence-corrected chi connectivity index (χ4v) is 3.72. The Labute approximate surface area is 200 Å². The van der Waals surface area contributed by atoms with Gasteiger partial charge in [0, 0.05) is 6.92 Å². The average Bonchev–Trinajstić information content (AvgIpc) is 2.74. The van der Waals surface area contributed by atoms with Gasteiger partial charge in [0.1, 0.15) is 5.54 Å². The maximum atomic E-state index is 13.0. The van der Waals surface area contributed by atoms with Gasteiger partial charge in [-0.15, -0.1) is 0 Å². The molecule has 9 heteroatoms. The molecule has 3 atom stereocenters. The first kappa shape index (κ1) is 28.6. The molecule has 1 aromatic rings. The highest BCUT2D eigenvalue weighted by molar-refractivity contribution is 8.14. The average molecular weight is 481 g/mol. The zero-order valence-corrected chi connectivity index (χ0v) is 21.3. The van der Waals surface area contributed by atoms with Gasteiger partial charge in [-0.3, -0.25) is 14.4 Å². The predicted octanol–water partition coefficient (Wildman–Crippen LogP) is 2.84. The predicted molar refractivity (Wildman–Crippen MR) is 128 cm³/mol. The van der Waals surface area contributed by atoms with Crippen molar-refractivity contribution < 1.29 is 28.7 Å². The van der Waals surface area contributed by atoms with E-state index in [4.69, 9.17) is 9.47 Å². The van der Waals surface area contributed by atoms with E-state index in [0.29, 0.717) is 0 Å². The number of carbonyl (C=O) groups excluding carboxylic acids is 4. The van der Waals surface area contributed by atoms with Crippen LogP contribution < -0.4 is 10.6 Å². The van der Waals surface area contributed by atoms with Crippen LogP contribution in [-0.2, 0) is 35.3 Å². The molecule has 0 heterocycles. The Morgan fingerprint density at radius 1 is 1.06 bits per heavy atom. The summed E-state index contributed by atoms with van der Waals surface area (Å²) in [6.45, 7) is 11.9. The van der Waals surface area contributed by atoms with Gasteiger partial charge < -0.3 is 20.1 Å². The summed E-state index contributed by atoms with van der Waals surface area (Å²) < 4.78 is 10.9. The quantitative estimate of drug-likeness (QED) is 0.443. The third-order valence-corrected chi connectivity index (χ3v) is 6.16. The molecule has 0 aliphatic heterocycles. The first-order chi connectivity index (χ1) is 15.4. The fourth-order valence-electron chi connectivity index (χ4n) is 2.93. The fraction of sp³-hybridized carbons (Fsp3) is 0.583. The van der Waals surface area contributed by atoms with Crippen molar-refractivity contribution in [3.05, 3.63) is 35.9 Å². The molecule has 1 aromatic carbocycles. The largest absolute Gasteiger partial charge is 0.464 e. The molecule has 2 amide bonds. The molecule has 2 N–H and O–H groups in total. The molecule has 8 nitrogen and oxygen atoms in total. The Morgan fingerprint density at radius 2 is 1.67 bits per heavy atom. The molecule has 0 aromatic heterocycles. The van der Waals surface area contributed by atoms with Gasteiger partial charge in [0.2, 0.25) is 11.8 Å². The van der Waals surface area contributed by atoms with Crippen LogP contribution >= 0.6 is 11.8 Å². The Bertz CT molecular complexity index is 812. The van der Waals surface area contributed by atoms with Gasteiger partial charge in [-0.05, 0) is 39.2 Å². The van der Waals surface area contributed by atoms with Gasteiger partial charge in [-0.1, -0.05) is 55.9 Å². The maximum Gasteiger partial charge on any atom is 0.331 e. The molecule has 0 saturated carbocycles. The molecule has 0 bridgehead atoms. The third-order valence-electron chi connectivity index (χ3n) is 4.81. The lowest BCUT2D eigenvalue weighted by molar-refractivity contribution is -0.153. The lowest BCUT2D eigenvalue weighted by Gasteiger charge is -2.31. The molecule has 0 spiro atoms. The molecular weight excluding hydrogens is 444 g/mol. The normalized spacial score (nSPS) is 14.2. The van der Waals surface area contributed by atoms with Crippen LogP contribution in [0.15, 0.2) is 30.3 Å². The minimum Gasteiger partial charge on any atom is -0.464 e. The van der Waals surface area contributed by atoms with Crippen LogP contribution in [0.2, 0.25) is 0 Å². The van der Waals surface area contributed by atoms with Crippen LogP contribution in [0.1, 0.15) is 54.0 Å². The van der Waals surface area contributed by atoms with Gasteiger partial charge >= 0.3 is 5.97 Å². The topological polar surface area (TPSA) is 111 Å². The minimum absolute atomic E-state index is 0.114. The lowest BCUT2D eigenvalue weighted by atomic mass is 10.0. The number of ether oxygens (including phenoxy) is 2. The number of esters is 1. The van der Waals surface area contributed by atoms with Gasteiger partial charge in [0.15, 0.2) is 11.2 Å². The number of hydrogen-bond acceptors (Lipinski definition) is 7. The Kier molecular flexibility index (Phi) is 11.6. The van der Waals surface area contributed by atoms with E-state index in [9.17, 15) is 19.2 Å². The number of carbonyl (C=O) groups is 4. The monoisotopic (exact) mass is 480 g/mol. The SMILES string of the molecule is CCOC(=O)[C@@H](NC(=O)C(C)(C)NC(=O)[C@H](SC(C)=O)C(C)C)C(C)OCc1ccccc1. The van der Waals surface area contributed by atoms with Crippen LogP contribution in [0.25, 0.3) is 0 Å². The molecule has 33 heavy (non-hydrogen) atoms. The van der Waals surface area contributed by atoms with Crippen LogP contribution in [0.3, 0.4) is 0 Å². The Balaban J connectivity index is 2.91. The summed E-state index contributed by atoms with van der Waals surface area (Å²) in [5.41, 5.74) is -0.417. The van der Waals surface area contributed by atoms with Crippen LogP contribution in [0, 0.1) is 5.92 Å². The molecule has 1 unspecified atom stereocenters. The van der Waals surface area contributed by atoms with Crippen molar-refractivity contribution in [3.8, 4) is 0 Å². The van der Waals surface area contributed by atoms with Crippen molar-refractivity contribution in [2.45, 2.75) is 78.0 Å². The second kappa shape index (κ2) is 13.3. The summed E-state index contributed by atoms with van der Waals surface area (Å²) in [6.07, 6.45) is -0.684. The Morgan fingerprint density at radius 3 is 2.18 bits per heavy atom. The summed E-state index contributed by atoms with van der Waals surface area (Å²) in [6, 6.07) is 8.39. The molecule has 0 aliphatic rings. The lowest BCUT2D eigenvalue weighted by Crippen LogP contribution is -2.61. The number of thioether (sulfide) groups is 1. The van der Waals surface area contributed by atoms with E-state index in [2.05, 4.69) is 10.6 Å². The van der Waals surface area contributed by atoms with Crippen molar-refractivity contribution in [1.82, 2.24) is 10.6 Å². The van der Waals surface area contributed by atoms with Crippen molar-refractivity contribution >= 4 is 34.7 Å². The van der Waals surface area contributed by atoms with Gasteiger partial charge in [-0.25, -0.2) is 4.79 Å². The summed E-state index contributed by atoms with van der Waals surface area (Å²) >= 11 is 0.926. The van der Waals surface area contributed by atoms with Crippen LogP contribution in [-0.4, -0.2) is 52.4 Å². The first-order valence-corrected chi connectivity index (χ1v) is 11.9. The number of nitrogens with one attached hydrogen (secondary N) is 2. The minimum atomic E-state index is -1.34. The van der Waals surface area contributed by atoms with Gasteiger partial charge in [-0.2, -0.15) is 0 Å². The van der Waals surface area contributed by atoms with Crippen molar-refractivity contribution in [1.29, 1.82) is 0 Å². The number of rotatable bonds is 12. The number of amides is 2. The molecular formula is C24H36N2O6S. The van der Waals surface area contributed by atoms with Crippen molar-refractivity contribution in [2.24, 2.45) is 5.92 Å². The summed E-state index contributed by atoms with van der Waals surface area (Å²) in [7, 11) is 0. The van der Waals surface area contributed by atoms with E-state index in [1.54, 1.807) is 13.8 Å². The zero-order chi connectivity index (χ0) is 25.2. The number of hydrogen-bond donors (Lipinski definition) is 2. The third kappa shape index (κ3) is 9.55. The number of benzene rings is 1. The van der Waals surface area contributed by atoms with E-state index in [1.807, 2.05) is 44.2 Å². The highest BCUT2D eigenvalue weighted by Crippen LogP contribution is 2.21. The Hall–Kier alpha value is -2.39. The standard InChI is InChI=1S/C24H36N2O6S/c1-8-31-22(29)19(16(4)32-14-18-12-10-9-11-13-18)25-23(30)24(6,7)26-21(28)20(15(2)3)33-17(5)27/h9-13,15-16,19-20H,8,14H2,1-7H3,(H,25,30)(H,26,28)/t16?,19-,20+/m0/s1. The van der Waals surface area contributed by atoms with Gasteiger partial charge in [0.05, 0.1) is 24.6 Å². The second-order valence-electron chi connectivity index (χ2n) is 8.59. The summed E-state index contributed by atoms with van der Waals surface area (Å²) in [5, 5.41) is 4.55. The van der Waals surface area contributed by atoms with Crippen molar-refractivity contribution in [3.63, 3.8) is 0 Å². The highest BCUT2D eigenvalue weighted by Gasteiger charge is 2.38. The molecule has 1 rings (SSSR count). The van der Waals surface area contributed by atoms with Crippen molar-refractivity contribution in [2.75, 3.05) is 6.61 Å². The van der Waals surface area contributed by atoms with E-state index < -0.39 is 40.7 Å². The van der Waals surface area contributed by atoms with E-state index in [0.717, 1.165) is 17.3 Å². The molecule has 0 aliphatic carbocycles. The van der Waals surface area contributed by atoms with E-state index in [-0.39, 0.29) is 24.2 Å². The first-order valence-electron chi connectivity index (χ1n) is 11.0. The highest BCUT2D eigenvalue weighted by atomic mass is 32.2. The van der Waals surface area contributed by atoms with E-state index >= 15 is 0 Å². The maximum absolute atomic E-state index is 13.0. The zero-order valence-electron chi connectivity index (χ0n) is 20.5. The van der Waals surface area contributed by atoms with Gasteiger partial charge in [0.25, 0.3) is 0 Å². The second-order valence-corrected chi connectivity index (χ2v) is 9.91. The summed E-state index contributed by atoms with van der Waals surface area (Å²) in [5.74, 6) is -1.73. The van der Waals surface area contributed by atoms with Crippen LogP contribution in [0.4, 0.5) is 0 Å². The van der Waals surface area contributed by atoms with Crippen LogP contribution in [0.5, 0.6) is 0 Å². The molecule has 0 radical (unpaired) electrons. The van der Waals surface area contributed by atoms with E-state index in [1.165, 1.54) is 20.8 Å². The molecule has 0 fully saturated rings. The smallest absolute Gasteiger partial charge is 0.331 e. The molecule has 184 valence electrons. The summed E-state index contributed by atoms with van der Waals surface area (Å²) in [4.78, 5) is 49.9.